The Bertz CT molecular complexity index is 640. The number of hydrogen-bond donors (Lipinski definition) is 1. The number of para-hydroxylation sites is 1. The molecule has 1 aliphatic carbocycles. The van der Waals surface area contributed by atoms with Crippen molar-refractivity contribution in [2.45, 2.75) is 25.7 Å². The third-order valence-corrected chi connectivity index (χ3v) is 5.22. The van der Waals surface area contributed by atoms with E-state index in [-0.39, 0.29) is 0 Å². The lowest BCUT2D eigenvalue weighted by Gasteiger charge is -2.22. The number of anilines is 1. The molecule has 21 heavy (non-hydrogen) atoms. The van der Waals surface area contributed by atoms with Gasteiger partial charge in [0.2, 0.25) is 0 Å². The fourth-order valence-electron chi connectivity index (χ4n) is 4.17. The summed E-state index contributed by atoms with van der Waals surface area (Å²) in [4.78, 5) is 7.49. The van der Waals surface area contributed by atoms with Crippen LogP contribution in [0.2, 0.25) is 0 Å². The molecule has 3 nitrogen and oxygen atoms in total. The number of benzene rings is 1. The van der Waals surface area contributed by atoms with Crippen LogP contribution >= 0.6 is 0 Å². The molecule has 2 N–H and O–H groups in total. The molecule has 2 aliphatic rings. The molecular weight excluding hydrogens is 258 g/mol. The highest BCUT2D eigenvalue weighted by molar-refractivity contribution is 5.82. The summed E-state index contributed by atoms with van der Waals surface area (Å²) >= 11 is 0. The van der Waals surface area contributed by atoms with Gasteiger partial charge in [-0.3, -0.25) is 0 Å². The van der Waals surface area contributed by atoms with Gasteiger partial charge in [-0.2, -0.15) is 0 Å². The van der Waals surface area contributed by atoms with Crippen LogP contribution in [0.1, 0.15) is 24.8 Å². The first-order chi connectivity index (χ1) is 10.3. The van der Waals surface area contributed by atoms with E-state index in [2.05, 4.69) is 35.2 Å². The third kappa shape index (κ3) is 2.30. The zero-order chi connectivity index (χ0) is 14.2. The maximum atomic E-state index is 5.82. The maximum Gasteiger partial charge on any atom is 0.132 e. The van der Waals surface area contributed by atoms with Crippen molar-refractivity contribution in [3.8, 4) is 0 Å². The minimum atomic E-state index is 0.688. The number of pyridine rings is 1. The fraction of sp³-hybridized carbons (Fsp3) is 0.500. The van der Waals surface area contributed by atoms with E-state index in [1.807, 2.05) is 0 Å². The summed E-state index contributed by atoms with van der Waals surface area (Å²) in [5.41, 5.74) is 8.24. The maximum absolute atomic E-state index is 5.82. The summed E-state index contributed by atoms with van der Waals surface area (Å²) in [6, 6.07) is 10.7. The van der Waals surface area contributed by atoms with Crippen molar-refractivity contribution in [2.75, 3.05) is 24.5 Å². The lowest BCUT2D eigenvalue weighted by molar-refractivity contribution is 0.494. The van der Waals surface area contributed by atoms with Gasteiger partial charge in [-0.15, -0.1) is 0 Å². The van der Waals surface area contributed by atoms with E-state index in [1.165, 1.54) is 49.1 Å². The van der Waals surface area contributed by atoms with Crippen LogP contribution in [0.25, 0.3) is 10.9 Å². The van der Waals surface area contributed by atoms with Gasteiger partial charge in [0.05, 0.1) is 5.52 Å². The number of aromatic nitrogens is 1. The summed E-state index contributed by atoms with van der Waals surface area (Å²) in [6.45, 7) is 3.06. The number of rotatable bonds is 3. The Morgan fingerprint density at radius 3 is 2.67 bits per heavy atom. The molecule has 0 radical (unpaired) electrons. The van der Waals surface area contributed by atoms with E-state index in [0.29, 0.717) is 6.54 Å². The van der Waals surface area contributed by atoms with Crippen molar-refractivity contribution < 1.29 is 0 Å². The van der Waals surface area contributed by atoms with Crippen LogP contribution < -0.4 is 10.6 Å². The van der Waals surface area contributed by atoms with Crippen molar-refractivity contribution in [3.05, 3.63) is 35.9 Å². The highest BCUT2D eigenvalue weighted by Crippen LogP contribution is 2.40. The molecule has 1 aromatic heterocycles. The van der Waals surface area contributed by atoms with E-state index in [9.17, 15) is 0 Å². The molecule has 1 aromatic carbocycles. The summed E-state index contributed by atoms with van der Waals surface area (Å²) in [7, 11) is 0. The Hall–Kier alpha value is -1.61. The lowest BCUT2D eigenvalue weighted by atomic mass is 10.0. The van der Waals surface area contributed by atoms with Crippen LogP contribution in [0.4, 0.5) is 5.82 Å². The zero-order valence-corrected chi connectivity index (χ0v) is 12.5. The van der Waals surface area contributed by atoms with Crippen molar-refractivity contribution in [1.29, 1.82) is 0 Å². The molecule has 4 rings (SSSR count). The number of fused-ring (bicyclic) bond motifs is 2. The van der Waals surface area contributed by atoms with Gasteiger partial charge in [0.25, 0.3) is 0 Å². The first-order valence-corrected chi connectivity index (χ1v) is 8.19. The van der Waals surface area contributed by atoms with Crippen molar-refractivity contribution in [2.24, 2.45) is 17.6 Å². The predicted octanol–water partition coefficient (Wildman–Crippen LogP) is 2.97. The highest BCUT2D eigenvalue weighted by Gasteiger charge is 2.37. The third-order valence-electron chi connectivity index (χ3n) is 5.22. The summed E-state index contributed by atoms with van der Waals surface area (Å²) in [5.74, 6) is 2.97. The Kier molecular flexibility index (Phi) is 3.30. The second kappa shape index (κ2) is 5.30. The van der Waals surface area contributed by atoms with Crippen molar-refractivity contribution >= 4 is 16.7 Å². The minimum Gasteiger partial charge on any atom is -0.356 e. The van der Waals surface area contributed by atoms with Gasteiger partial charge in [-0.05, 0) is 55.3 Å². The van der Waals surface area contributed by atoms with Crippen molar-refractivity contribution in [3.63, 3.8) is 0 Å². The average molecular weight is 281 g/mol. The van der Waals surface area contributed by atoms with E-state index < -0.39 is 0 Å². The summed E-state index contributed by atoms with van der Waals surface area (Å²) in [6.07, 6.45) is 5.14. The van der Waals surface area contributed by atoms with Gasteiger partial charge >= 0.3 is 0 Å². The molecule has 2 heterocycles. The lowest BCUT2D eigenvalue weighted by Crippen LogP contribution is -2.24. The predicted molar refractivity (Wildman–Crippen MR) is 87.5 cm³/mol. The minimum absolute atomic E-state index is 0.688. The Morgan fingerprint density at radius 2 is 1.90 bits per heavy atom. The smallest absolute Gasteiger partial charge is 0.132 e. The standard InChI is InChI=1S/C18H23N3/c19-9-8-14-10-13-4-1-2-7-17(13)20-18(14)21-11-15-5-3-6-16(15)12-21/h1-2,4,7,10,15-16H,3,5-6,8-9,11-12,19H2. The molecule has 1 saturated carbocycles. The van der Waals surface area contributed by atoms with E-state index >= 15 is 0 Å². The van der Waals surface area contributed by atoms with Crippen LogP contribution in [0.5, 0.6) is 0 Å². The van der Waals surface area contributed by atoms with Gasteiger partial charge in [0, 0.05) is 18.5 Å². The van der Waals surface area contributed by atoms with Gasteiger partial charge in [-0.1, -0.05) is 24.6 Å². The second-order valence-corrected chi connectivity index (χ2v) is 6.56. The van der Waals surface area contributed by atoms with Gasteiger partial charge in [0.15, 0.2) is 0 Å². The monoisotopic (exact) mass is 281 g/mol. The van der Waals surface area contributed by atoms with Gasteiger partial charge in [0.1, 0.15) is 5.82 Å². The highest BCUT2D eigenvalue weighted by atomic mass is 15.2. The van der Waals surface area contributed by atoms with Gasteiger partial charge in [-0.25, -0.2) is 4.98 Å². The SMILES string of the molecule is NCCc1cc2ccccc2nc1N1CC2CCCC2C1. The van der Waals surface area contributed by atoms with Crippen LogP contribution in [0.15, 0.2) is 30.3 Å². The molecule has 1 saturated heterocycles. The molecule has 2 aromatic rings. The first-order valence-electron chi connectivity index (χ1n) is 8.19. The Labute approximate surface area is 126 Å². The molecule has 3 heteroatoms. The molecule has 2 fully saturated rings. The van der Waals surface area contributed by atoms with Crippen LogP contribution in [-0.2, 0) is 6.42 Å². The van der Waals surface area contributed by atoms with Crippen LogP contribution in [-0.4, -0.2) is 24.6 Å². The molecule has 1 aliphatic heterocycles. The second-order valence-electron chi connectivity index (χ2n) is 6.56. The first kappa shape index (κ1) is 13.1. The van der Waals surface area contributed by atoms with Gasteiger partial charge < -0.3 is 10.6 Å². The number of nitrogens with two attached hydrogens (primary N) is 1. The molecule has 110 valence electrons. The largest absolute Gasteiger partial charge is 0.356 e. The number of nitrogens with zero attached hydrogens (tertiary/aromatic N) is 2. The summed E-state index contributed by atoms with van der Waals surface area (Å²) in [5, 5.41) is 1.23. The average Bonchev–Trinajstić information content (AvgIpc) is 3.08. The number of hydrogen-bond acceptors (Lipinski definition) is 3. The molecule has 0 spiro atoms. The fourth-order valence-corrected chi connectivity index (χ4v) is 4.17. The van der Waals surface area contributed by atoms with Crippen LogP contribution in [0.3, 0.4) is 0 Å². The molecule has 0 amide bonds. The molecule has 2 unspecified atom stereocenters. The normalized spacial score (nSPS) is 24.7. The molecular formula is C18H23N3. The van der Waals surface area contributed by atoms with E-state index in [1.54, 1.807) is 0 Å². The molecule has 0 bridgehead atoms. The topological polar surface area (TPSA) is 42.1 Å². The quantitative estimate of drug-likeness (QED) is 0.940. The van der Waals surface area contributed by atoms with Crippen molar-refractivity contribution in [1.82, 2.24) is 4.98 Å². The van der Waals surface area contributed by atoms with E-state index in [0.717, 1.165) is 23.8 Å². The molecule has 2 atom stereocenters. The Morgan fingerprint density at radius 1 is 1.14 bits per heavy atom. The Balaban J connectivity index is 1.74. The van der Waals surface area contributed by atoms with E-state index in [4.69, 9.17) is 10.7 Å². The summed E-state index contributed by atoms with van der Waals surface area (Å²) < 4.78 is 0. The zero-order valence-electron chi connectivity index (χ0n) is 12.5. The van der Waals surface area contributed by atoms with Crippen LogP contribution in [0, 0.1) is 11.8 Å².